The second-order valence-electron chi connectivity index (χ2n) is 5.65. The molecular formula is C16H18FNO. The number of aromatic nitrogens is 1. The fourth-order valence-corrected chi connectivity index (χ4v) is 1.92. The molecule has 0 saturated heterocycles. The molecule has 19 heavy (non-hydrogen) atoms. The van der Waals surface area contributed by atoms with E-state index in [1.165, 1.54) is 23.9 Å². The van der Waals surface area contributed by atoms with E-state index in [0.29, 0.717) is 5.56 Å². The second kappa shape index (κ2) is 5.10. The number of hydrogen-bond donors (Lipinski definition) is 1. The van der Waals surface area contributed by atoms with Gasteiger partial charge in [0.2, 0.25) is 0 Å². The molecule has 0 amide bonds. The highest BCUT2D eigenvalue weighted by molar-refractivity contribution is 5.32. The number of hydrogen-bond acceptors (Lipinski definition) is 2. The molecule has 0 aliphatic rings. The third kappa shape index (κ3) is 2.99. The summed E-state index contributed by atoms with van der Waals surface area (Å²) in [5, 5.41) is 10.2. The molecule has 0 bridgehead atoms. The largest absolute Gasteiger partial charge is 0.382 e. The van der Waals surface area contributed by atoms with Crippen molar-refractivity contribution in [2.75, 3.05) is 0 Å². The predicted molar refractivity (Wildman–Crippen MR) is 73.4 cm³/mol. The van der Waals surface area contributed by atoms with Crippen LogP contribution in [0.2, 0.25) is 0 Å². The predicted octanol–water partition coefficient (Wildman–Crippen LogP) is 3.60. The quantitative estimate of drug-likeness (QED) is 0.894. The van der Waals surface area contributed by atoms with Gasteiger partial charge in [-0.1, -0.05) is 45.0 Å². The summed E-state index contributed by atoms with van der Waals surface area (Å²) in [5.74, 6) is -0.491. The number of aliphatic hydroxyl groups excluding tert-OH is 1. The standard InChI is InChI=1S/C16H18FNO/c1-16(2,3)12-8-6-11(7-9-12)15(19)14-13(17)5-4-10-18-14/h4-10,15,19H,1-3H3. The lowest BCUT2D eigenvalue weighted by atomic mass is 9.86. The van der Waals surface area contributed by atoms with Crippen LogP contribution in [0, 0.1) is 5.82 Å². The van der Waals surface area contributed by atoms with Crippen LogP contribution in [0.3, 0.4) is 0 Å². The Bertz CT molecular complexity index is 558. The van der Waals surface area contributed by atoms with Gasteiger partial charge in [0, 0.05) is 6.20 Å². The summed E-state index contributed by atoms with van der Waals surface area (Å²) >= 11 is 0. The fourth-order valence-electron chi connectivity index (χ4n) is 1.92. The summed E-state index contributed by atoms with van der Waals surface area (Å²) in [6.07, 6.45) is 0.445. The van der Waals surface area contributed by atoms with E-state index in [1.54, 1.807) is 0 Å². The zero-order valence-corrected chi connectivity index (χ0v) is 11.4. The van der Waals surface area contributed by atoms with E-state index >= 15 is 0 Å². The molecular weight excluding hydrogens is 241 g/mol. The van der Waals surface area contributed by atoms with Crippen molar-refractivity contribution in [1.82, 2.24) is 4.98 Å². The smallest absolute Gasteiger partial charge is 0.147 e. The number of aliphatic hydroxyl groups is 1. The van der Waals surface area contributed by atoms with Crippen LogP contribution in [0.5, 0.6) is 0 Å². The number of halogens is 1. The molecule has 1 unspecified atom stereocenters. The van der Waals surface area contributed by atoms with Crippen LogP contribution in [0.15, 0.2) is 42.6 Å². The molecule has 0 fully saturated rings. The van der Waals surface area contributed by atoms with Crippen molar-refractivity contribution in [1.29, 1.82) is 0 Å². The summed E-state index contributed by atoms with van der Waals surface area (Å²) in [6, 6.07) is 10.4. The third-order valence-corrected chi connectivity index (χ3v) is 3.14. The molecule has 1 atom stereocenters. The van der Waals surface area contributed by atoms with Crippen molar-refractivity contribution in [3.05, 3.63) is 65.2 Å². The maximum absolute atomic E-state index is 13.6. The average Bonchev–Trinajstić information content (AvgIpc) is 2.38. The van der Waals surface area contributed by atoms with E-state index in [9.17, 15) is 9.50 Å². The minimum absolute atomic E-state index is 0.0553. The first-order valence-corrected chi connectivity index (χ1v) is 6.28. The van der Waals surface area contributed by atoms with E-state index in [0.717, 1.165) is 0 Å². The Hall–Kier alpha value is -1.74. The fraction of sp³-hybridized carbons (Fsp3) is 0.312. The van der Waals surface area contributed by atoms with Gasteiger partial charge < -0.3 is 5.11 Å². The van der Waals surface area contributed by atoms with E-state index in [2.05, 4.69) is 25.8 Å². The Morgan fingerprint density at radius 3 is 2.26 bits per heavy atom. The Balaban J connectivity index is 2.31. The summed E-state index contributed by atoms with van der Waals surface area (Å²) in [4.78, 5) is 3.90. The molecule has 3 heteroatoms. The highest BCUT2D eigenvalue weighted by Gasteiger charge is 2.18. The van der Waals surface area contributed by atoms with Gasteiger partial charge in [0.05, 0.1) is 0 Å². The van der Waals surface area contributed by atoms with Gasteiger partial charge in [-0.3, -0.25) is 4.98 Å². The normalized spacial score (nSPS) is 13.3. The Morgan fingerprint density at radius 2 is 1.74 bits per heavy atom. The van der Waals surface area contributed by atoms with Gasteiger partial charge in [0.15, 0.2) is 0 Å². The van der Waals surface area contributed by atoms with E-state index in [4.69, 9.17) is 0 Å². The van der Waals surface area contributed by atoms with E-state index < -0.39 is 11.9 Å². The van der Waals surface area contributed by atoms with Crippen molar-refractivity contribution < 1.29 is 9.50 Å². The molecule has 100 valence electrons. The van der Waals surface area contributed by atoms with Crippen molar-refractivity contribution in [3.8, 4) is 0 Å². The lowest BCUT2D eigenvalue weighted by Crippen LogP contribution is -2.11. The monoisotopic (exact) mass is 259 g/mol. The first kappa shape index (κ1) is 13.7. The first-order chi connectivity index (χ1) is 8.89. The van der Waals surface area contributed by atoms with Crippen LogP contribution >= 0.6 is 0 Å². The summed E-state index contributed by atoms with van der Waals surface area (Å²) in [6.45, 7) is 6.37. The van der Waals surface area contributed by atoms with Gasteiger partial charge in [-0.15, -0.1) is 0 Å². The summed E-state index contributed by atoms with van der Waals surface area (Å²) in [5.41, 5.74) is 1.93. The first-order valence-electron chi connectivity index (χ1n) is 6.28. The number of pyridine rings is 1. The highest BCUT2D eigenvalue weighted by Crippen LogP contribution is 2.26. The average molecular weight is 259 g/mol. The van der Waals surface area contributed by atoms with Gasteiger partial charge in [0.25, 0.3) is 0 Å². The van der Waals surface area contributed by atoms with E-state index in [1.807, 2.05) is 24.3 Å². The van der Waals surface area contributed by atoms with Gasteiger partial charge >= 0.3 is 0 Å². The van der Waals surface area contributed by atoms with Crippen molar-refractivity contribution >= 4 is 0 Å². The maximum atomic E-state index is 13.6. The van der Waals surface area contributed by atoms with Crippen LogP contribution in [0.25, 0.3) is 0 Å². The molecule has 1 aromatic heterocycles. The van der Waals surface area contributed by atoms with E-state index in [-0.39, 0.29) is 11.1 Å². The molecule has 0 radical (unpaired) electrons. The van der Waals surface area contributed by atoms with Gasteiger partial charge in [0.1, 0.15) is 17.6 Å². The Kier molecular flexibility index (Phi) is 3.67. The van der Waals surface area contributed by atoms with Crippen LogP contribution < -0.4 is 0 Å². The van der Waals surface area contributed by atoms with Crippen molar-refractivity contribution in [3.63, 3.8) is 0 Å². The van der Waals surface area contributed by atoms with Gasteiger partial charge in [-0.25, -0.2) is 4.39 Å². The minimum atomic E-state index is -1.03. The van der Waals surface area contributed by atoms with Gasteiger partial charge in [-0.05, 0) is 28.7 Å². The second-order valence-corrected chi connectivity index (χ2v) is 5.65. The van der Waals surface area contributed by atoms with Crippen LogP contribution in [-0.2, 0) is 5.41 Å². The number of nitrogens with zero attached hydrogens (tertiary/aromatic N) is 1. The molecule has 0 aliphatic heterocycles. The third-order valence-electron chi connectivity index (χ3n) is 3.14. The van der Waals surface area contributed by atoms with Crippen molar-refractivity contribution in [2.24, 2.45) is 0 Å². The van der Waals surface area contributed by atoms with Crippen LogP contribution in [0.1, 0.15) is 43.7 Å². The van der Waals surface area contributed by atoms with Crippen LogP contribution in [0.4, 0.5) is 4.39 Å². The molecule has 0 aliphatic carbocycles. The molecule has 0 saturated carbocycles. The van der Waals surface area contributed by atoms with Crippen LogP contribution in [-0.4, -0.2) is 10.1 Å². The zero-order valence-electron chi connectivity index (χ0n) is 11.4. The lowest BCUT2D eigenvalue weighted by Gasteiger charge is -2.20. The molecule has 2 rings (SSSR count). The Labute approximate surface area is 112 Å². The van der Waals surface area contributed by atoms with Crippen molar-refractivity contribution in [2.45, 2.75) is 32.3 Å². The molecule has 2 nitrogen and oxygen atoms in total. The number of benzene rings is 1. The molecule has 2 aromatic rings. The maximum Gasteiger partial charge on any atom is 0.147 e. The lowest BCUT2D eigenvalue weighted by molar-refractivity contribution is 0.209. The molecule has 0 spiro atoms. The zero-order chi connectivity index (χ0) is 14.0. The summed E-state index contributed by atoms with van der Waals surface area (Å²) in [7, 11) is 0. The molecule has 1 heterocycles. The molecule has 1 N–H and O–H groups in total. The Morgan fingerprint density at radius 1 is 1.11 bits per heavy atom. The van der Waals surface area contributed by atoms with Gasteiger partial charge in [-0.2, -0.15) is 0 Å². The highest BCUT2D eigenvalue weighted by atomic mass is 19.1. The SMILES string of the molecule is CC(C)(C)c1ccc(C(O)c2ncccc2F)cc1. The minimum Gasteiger partial charge on any atom is -0.382 e. The summed E-state index contributed by atoms with van der Waals surface area (Å²) < 4.78 is 13.6. The molecule has 1 aromatic carbocycles. The number of rotatable bonds is 2. The topological polar surface area (TPSA) is 33.1 Å².